The van der Waals surface area contributed by atoms with Gasteiger partial charge in [-0.2, -0.15) is 18.3 Å². The Morgan fingerprint density at radius 1 is 1.28 bits per heavy atom. The summed E-state index contributed by atoms with van der Waals surface area (Å²) in [5.74, 6) is -0.136. The number of piperidine rings is 1. The highest BCUT2D eigenvalue weighted by Crippen LogP contribution is 2.30. The standard InChI is InChI=1S/C16H17F3N4O.ClH/c17-16(18,19)12-2-1-3-14(8-12)23-10-13(9-21-23)22-15(24)11-4-6-20-7-5-11;/h1-3,8-11,20H,4-7H2,(H,22,24);1H. The number of aromatic nitrogens is 2. The molecular formula is C16H18ClF3N4O. The number of hydrogen-bond donors (Lipinski definition) is 2. The van der Waals surface area contributed by atoms with Gasteiger partial charge in [-0.05, 0) is 44.1 Å². The second kappa shape index (κ2) is 7.88. The van der Waals surface area contributed by atoms with E-state index in [1.807, 2.05) is 0 Å². The van der Waals surface area contributed by atoms with Gasteiger partial charge in [0, 0.05) is 5.92 Å². The van der Waals surface area contributed by atoms with E-state index in [9.17, 15) is 18.0 Å². The molecule has 1 saturated heterocycles. The topological polar surface area (TPSA) is 59.0 Å². The molecule has 1 aromatic heterocycles. The van der Waals surface area contributed by atoms with Crippen molar-refractivity contribution < 1.29 is 18.0 Å². The van der Waals surface area contributed by atoms with Gasteiger partial charge in [-0.1, -0.05) is 6.07 Å². The third-order valence-corrected chi connectivity index (χ3v) is 4.00. The van der Waals surface area contributed by atoms with Crippen molar-refractivity contribution in [3.8, 4) is 5.69 Å². The Hall–Kier alpha value is -2.06. The van der Waals surface area contributed by atoms with Crippen LogP contribution in [0.5, 0.6) is 0 Å². The summed E-state index contributed by atoms with van der Waals surface area (Å²) in [7, 11) is 0. The molecule has 1 amide bonds. The lowest BCUT2D eigenvalue weighted by atomic mass is 9.97. The minimum absolute atomic E-state index is 0. The van der Waals surface area contributed by atoms with E-state index in [0.717, 1.165) is 38.1 Å². The Morgan fingerprint density at radius 2 is 2.00 bits per heavy atom. The van der Waals surface area contributed by atoms with Crippen molar-refractivity contribution in [2.24, 2.45) is 5.92 Å². The average molecular weight is 375 g/mol. The summed E-state index contributed by atoms with van der Waals surface area (Å²) in [6.07, 6.45) is 0.0735. The number of nitrogens with one attached hydrogen (secondary N) is 2. The van der Waals surface area contributed by atoms with Crippen LogP contribution in [0.2, 0.25) is 0 Å². The van der Waals surface area contributed by atoms with Crippen LogP contribution >= 0.6 is 12.4 Å². The van der Waals surface area contributed by atoms with Crippen molar-refractivity contribution in [3.05, 3.63) is 42.2 Å². The fourth-order valence-electron chi connectivity index (χ4n) is 2.68. The molecule has 2 heterocycles. The quantitative estimate of drug-likeness (QED) is 0.867. The van der Waals surface area contributed by atoms with Crippen LogP contribution in [-0.2, 0) is 11.0 Å². The second-order valence-corrected chi connectivity index (χ2v) is 5.74. The predicted octanol–water partition coefficient (Wildman–Crippen LogP) is 3.25. The van der Waals surface area contributed by atoms with Crippen molar-refractivity contribution in [2.75, 3.05) is 18.4 Å². The molecule has 0 aliphatic carbocycles. The Labute approximate surface area is 149 Å². The van der Waals surface area contributed by atoms with Crippen LogP contribution < -0.4 is 10.6 Å². The number of rotatable bonds is 3. The smallest absolute Gasteiger partial charge is 0.323 e. The Balaban J connectivity index is 0.00000225. The van der Waals surface area contributed by atoms with Gasteiger partial charge in [0.2, 0.25) is 5.91 Å². The molecular weight excluding hydrogens is 357 g/mol. The van der Waals surface area contributed by atoms with E-state index in [4.69, 9.17) is 0 Å². The number of carbonyl (C=O) groups is 1. The van der Waals surface area contributed by atoms with E-state index in [0.29, 0.717) is 5.69 Å². The lowest BCUT2D eigenvalue weighted by Gasteiger charge is -2.21. The van der Waals surface area contributed by atoms with E-state index in [1.165, 1.54) is 29.2 Å². The number of anilines is 1. The first kappa shape index (κ1) is 19.3. The number of amides is 1. The largest absolute Gasteiger partial charge is 0.416 e. The summed E-state index contributed by atoms with van der Waals surface area (Å²) in [6.45, 7) is 1.61. The Bertz CT molecular complexity index is 726. The first-order chi connectivity index (χ1) is 11.4. The molecule has 0 bridgehead atoms. The van der Waals surface area contributed by atoms with Crippen LogP contribution in [0, 0.1) is 5.92 Å². The van der Waals surface area contributed by atoms with Gasteiger partial charge in [-0.3, -0.25) is 4.79 Å². The van der Waals surface area contributed by atoms with Gasteiger partial charge >= 0.3 is 6.18 Å². The van der Waals surface area contributed by atoms with Gasteiger partial charge in [-0.15, -0.1) is 12.4 Å². The minimum Gasteiger partial charge on any atom is -0.323 e. The molecule has 0 radical (unpaired) electrons. The molecule has 1 aliphatic heterocycles. The fourth-order valence-corrected chi connectivity index (χ4v) is 2.68. The predicted molar refractivity (Wildman–Crippen MR) is 90.0 cm³/mol. The van der Waals surface area contributed by atoms with Gasteiger partial charge in [0.15, 0.2) is 0 Å². The Kier molecular flexibility index (Phi) is 6.07. The van der Waals surface area contributed by atoms with Gasteiger partial charge < -0.3 is 10.6 Å². The molecule has 0 atom stereocenters. The molecule has 1 aromatic carbocycles. The first-order valence-corrected chi connectivity index (χ1v) is 7.67. The molecule has 1 aliphatic rings. The van der Waals surface area contributed by atoms with E-state index < -0.39 is 11.7 Å². The molecule has 3 rings (SSSR count). The maximum Gasteiger partial charge on any atom is 0.416 e. The Morgan fingerprint density at radius 3 is 2.68 bits per heavy atom. The highest BCUT2D eigenvalue weighted by atomic mass is 35.5. The molecule has 2 N–H and O–H groups in total. The van der Waals surface area contributed by atoms with Crippen LogP contribution in [0.4, 0.5) is 18.9 Å². The minimum atomic E-state index is -4.41. The first-order valence-electron chi connectivity index (χ1n) is 7.67. The summed E-state index contributed by atoms with van der Waals surface area (Å²) in [5, 5.41) is 9.99. The average Bonchev–Trinajstić information content (AvgIpc) is 3.03. The van der Waals surface area contributed by atoms with Crippen LogP contribution in [0.25, 0.3) is 5.69 Å². The van der Waals surface area contributed by atoms with Crippen molar-refractivity contribution in [1.29, 1.82) is 0 Å². The van der Waals surface area contributed by atoms with Crippen LogP contribution in [0.3, 0.4) is 0 Å². The zero-order chi connectivity index (χ0) is 17.2. The molecule has 2 aromatic rings. The molecule has 1 fully saturated rings. The van der Waals surface area contributed by atoms with Gasteiger partial charge in [-0.25, -0.2) is 4.68 Å². The summed E-state index contributed by atoms with van der Waals surface area (Å²) in [6, 6.07) is 4.88. The van der Waals surface area contributed by atoms with Crippen molar-refractivity contribution in [3.63, 3.8) is 0 Å². The zero-order valence-corrected chi connectivity index (χ0v) is 14.0. The molecule has 136 valence electrons. The van der Waals surface area contributed by atoms with E-state index in [2.05, 4.69) is 15.7 Å². The molecule has 25 heavy (non-hydrogen) atoms. The third kappa shape index (κ3) is 4.73. The number of alkyl halides is 3. The van der Waals surface area contributed by atoms with E-state index in [1.54, 1.807) is 0 Å². The highest BCUT2D eigenvalue weighted by Gasteiger charge is 2.30. The molecule has 0 unspecified atom stereocenters. The van der Waals surface area contributed by atoms with Crippen LogP contribution in [0.1, 0.15) is 18.4 Å². The third-order valence-electron chi connectivity index (χ3n) is 4.00. The number of halogens is 4. The van der Waals surface area contributed by atoms with Crippen molar-refractivity contribution >= 4 is 24.0 Å². The number of carbonyl (C=O) groups excluding carboxylic acids is 1. The van der Waals surface area contributed by atoms with Crippen molar-refractivity contribution in [1.82, 2.24) is 15.1 Å². The number of hydrogen-bond acceptors (Lipinski definition) is 3. The maximum absolute atomic E-state index is 12.8. The lowest BCUT2D eigenvalue weighted by molar-refractivity contribution is -0.137. The molecule has 9 heteroatoms. The normalized spacial score (nSPS) is 15.5. The van der Waals surface area contributed by atoms with Gasteiger partial charge in [0.1, 0.15) is 0 Å². The summed E-state index contributed by atoms with van der Waals surface area (Å²) in [5.41, 5.74) is 0.0129. The monoisotopic (exact) mass is 374 g/mol. The highest BCUT2D eigenvalue weighted by molar-refractivity contribution is 5.92. The molecule has 0 saturated carbocycles. The SMILES string of the molecule is Cl.O=C(Nc1cnn(-c2cccc(C(F)(F)F)c2)c1)C1CCNCC1. The summed E-state index contributed by atoms with van der Waals surface area (Å²) >= 11 is 0. The van der Waals surface area contributed by atoms with Gasteiger partial charge in [0.05, 0.1) is 29.3 Å². The number of benzene rings is 1. The molecule has 0 spiro atoms. The van der Waals surface area contributed by atoms with Crippen LogP contribution in [-0.4, -0.2) is 28.8 Å². The maximum atomic E-state index is 12.8. The van der Waals surface area contributed by atoms with Crippen LogP contribution in [0.15, 0.2) is 36.7 Å². The summed E-state index contributed by atoms with van der Waals surface area (Å²) in [4.78, 5) is 12.2. The van der Waals surface area contributed by atoms with Gasteiger partial charge in [0.25, 0.3) is 0 Å². The van der Waals surface area contributed by atoms with E-state index >= 15 is 0 Å². The number of nitrogens with zero attached hydrogens (tertiary/aromatic N) is 2. The second-order valence-electron chi connectivity index (χ2n) is 5.74. The van der Waals surface area contributed by atoms with E-state index in [-0.39, 0.29) is 29.9 Å². The fraction of sp³-hybridized carbons (Fsp3) is 0.375. The zero-order valence-electron chi connectivity index (χ0n) is 13.2. The summed E-state index contributed by atoms with van der Waals surface area (Å²) < 4.78 is 39.6. The van der Waals surface area contributed by atoms with Crippen molar-refractivity contribution in [2.45, 2.75) is 19.0 Å². The lowest BCUT2D eigenvalue weighted by Crippen LogP contribution is -2.34. The molecule has 5 nitrogen and oxygen atoms in total.